The Morgan fingerprint density at radius 2 is 2.07 bits per heavy atom. The van der Waals surface area contributed by atoms with Gasteiger partial charge in [0.25, 0.3) is 0 Å². The van der Waals surface area contributed by atoms with Gasteiger partial charge in [-0.1, -0.05) is 0 Å². The van der Waals surface area contributed by atoms with Crippen LogP contribution in [0.2, 0.25) is 0 Å². The van der Waals surface area contributed by atoms with E-state index in [4.69, 9.17) is 4.98 Å². The van der Waals surface area contributed by atoms with Crippen molar-refractivity contribution in [3.8, 4) is 11.3 Å². The highest BCUT2D eigenvalue weighted by molar-refractivity contribution is 7.97. The molecule has 0 radical (unpaired) electrons. The Labute approximate surface area is 169 Å². The molecule has 2 N–H and O–H groups in total. The molecular formula is C20H18F3N5S. The fourth-order valence-electron chi connectivity index (χ4n) is 3.83. The van der Waals surface area contributed by atoms with Gasteiger partial charge < -0.3 is 9.88 Å². The maximum absolute atomic E-state index is 12.8. The van der Waals surface area contributed by atoms with Crippen LogP contribution in [0, 0.1) is 5.92 Å². The smallest absolute Gasteiger partial charge is 0.340 e. The normalized spacial score (nSPS) is 19.7. The fraction of sp³-hybridized carbons (Fsp3) is 0.300. The first-order valence-corrected chi connectivity index (χ1v) is 10.1. The monoisotopic (exact) mass is 417 g/mol. The van der Waals surface area contributed by atoms with E-state index in [9.17, 15) is 13.2 Å². The highest BCUT2D eigenvalue weighted by Crippen LogP contribution is 2.52. The molecule has 0 spiro atoms. The molecule has 150 valence electrons. The van der Waals surface area contributed by atoms with Gasteiger partial charge >= 0.3 is 6.18 Å². The number of hydrogen-bond acceptors (Lipinski definition) is 5. The molecule has 2 aliphatic rings. The van der Waals surface area contributed by atoms with Crippen molar-refractivity contribution < 1.29 is 13.2 Å². The lowest BCUT2D eigenvalue weighted by Gasteiger charge is -2.13. The lowest BCUT2D eigenvalue weighted by molar-refractivity contribution is -0.137. The summed E-state index contributed by atoms with van der Waals surface area (Å²) in [5.41, 5.74) is 1.74. The van der Waals surface area contributed by atoms with Crippen LogP contribution >= 0.6 is 11.9 Å². The first-order valence-electron chi connectivity index (χ1n) is 9.28. The summed E-state index contributed by atoms with van der Waals surface area (Å²) in [7, 11) is 1.85. The van der Waals surface area contributed by atoms with Crippen molar-refractivity contribution in [3.05, 3.63) is 54.1 Å². The minimum atomic E-state index is -4.40. The molecule has 2 aromatic heterocycles. The minimum absolute atomic E-state index is 0.349. The molecule has 2 unspecified atom stereocenters. The number of nitrogens with one attached hydrogen (secondary N) is 2. The third kappa shape index (κ3) is 3.49. The van der Waals surface area contributed by atoms with Crippen molar-refractivity contribution in [1.82, 2.24) is 19.3 Å². The summed E-state index contributed by atoms with van der Waals surface area (Å²) in [6, 6.07) is 8.81. The van der Waals surface area contributed by atoms with Crippen LogP contribution in [-0.4, -0.2) is 21.6 Å². The van der Waals surface area contributed by atoms with Crippen molar-refractivity contribution in [1.29, 1.82) is 0 Å². The van der Waals surface area contributed by atoms with Crippen LogP contribution in [0.4, 0.5) is 24.7 Å². The van der Waals surface area contributed by atoms with Crippen LogP contribution in [0.25, 0.3) is 11.3 Å². The van der Waals surface area contributed by atoms with E-state index in [1.165, 1.54) is 24.4 Å². The molecule has 1 aromatic carbocycles. The Kier molecular flexibility index (Phi) is 4.32. The van der Waals surface area contributed by atoms with Gasteiger partial charge in [0.05, 0.1) is 11.3 Å². The average molecular weight is 417 g/mol. The molecular weight excluding hydrogens is 399 g/mol. The van der Waals surface area contributed by atoms with Crippen molar-refractivity contribution in [2.75, 3.05) is 12.4 Å². The molecule has 1 fully saturated rings. The van der Waals surface area contributed by atoms with Gasteiger partial charge in [-0.05, 0) is 61.7 Å². The van der Waals surface area contributed by atoms with Gasteiger partial charge in [-0.15, -0.1) is 0 Å². The van der Waals surface area contributed by atoms with Crippen LogP contribution in [0.15, 0.2) is 47.6 Å². The molecule has 0 saturated heterocycles. The van der Waals surface area contributed by atoms with Crippen LogP contribution in [0.1, 0.15) is 23.9 Å². The molecule has 1 aliphatic carbocycles. The van der Waals surface area contributed by atoms with Crippen LogP contribution in [0.3, 0.4) is 0 Å². The maximum Gasteiger partial charge on any atom is 0.417 e. The largest absolute Gasteiger partial charge is 0.417 e. The van der Waals surface area contributed by atoms with E-state index in [1.54, 1.807) is 0 Å². The number of nitrogens with zero attached hydrogens (tertiary/aromatic N) is 3. The van der Waals surface area contributed by atoms with Crippen LogP contribution < -0.4 is 10.0 Å². The number of aromatic nitrogens is 3. The molecule has 3 heterocycles. The lowest BCUT2D eigenvalue weighted by Crippen LogP contribution is -2.06. The SMILES string of the molecule is CNSc1ccc(Nc2ccc(C(F)(F)F)cn2)c(-c2cn3c(n2)CC2CC23)c1. The van der Waals surface area contributed by atoms with Gasteiger partial charge in [-0.25, -0.2) is 9.97 Å². The van der Waals surface area contributed by atoms with Crippen LogP contribution in [0.5, 0.6) is 0 Å². The van der Waals surface area contributed by atoms with E-state index in [0.29, 0.717) is 11.9 Å². The Morgan fingerprint density at radius 3 is 2.76 bits per heavy atom. The summed E-state index contributed by atoms with van der Waals surface area (Å²) in [4.78, 5) is 9.76. The number of pyridine rings is 1. The number of halogens is 3. The second kappa shape index (κ2) is 6.77. The number of anilines is 2. The van der Waals surface area contributed by atoms with Crippen molar-refractivity contribution >= 4 is 23.5 Å². The molecule has 1 aliphatic heterocycles. The highest BCUT2D eigenvalue weighted by Gasteiger charge is 2.46. The number of rotatable bonds is 5. The molecule has 0 amide bonds. The molecule has 5 nitrogen and oxygen atoms in total. The molecule has 2 atom stereocenters. The number of fused-ring (bicyclic) bond motifs is 3. The zero-order chi connectivity index (χ0) is 20.2. The van der Waals surface area contributed by atoms with E-state index in [2.05, 4.69) is 25.8 Å². The molecule has 1 saturated carbocycles. The second-order valence-electron chi connectivity index (χ2n) is 7.29. The zero-order valence-corrected chi connectivity index (χ0v) is 16.3. The summed E-state index contributed by atoms with van der Waals surface area (Å²) in [5.74, 6) is 2.19. The van der Waals surface area contributed by atoms with E-state index in [-0.39, 0.29) is 0 Å². The van der Waals surface area contributed by atoms with Gasteiger partial charge in [0.2, 0.25) is 0 Å². The number of hydrogen-bond donors (Lipinski definition) is 2. The minimum Gasteiger partial charge on any atom is -0.340 e. The lowest BCUT2D eigenvalue weighted by atomic mass is 10.1. The standard InChI is InChI=1S/C20H18F3N5S/c1-24-29-13-3-4-15(26-18-5-2-12(9-25-18)20(21,22)23)14(8-13)16-10-28-17-6-11(17)7-19(28)27-16/h2-5,8-11,17,24H,6-7H2,1H3,(H,25,26). The molecule has 9 heteroatoms. The van der Waals surface area contributed by atoms with E-state index >= 15 is 0 Å². The molecule has 0 bridgehead atoms. The van der Waals surface area contributed by atoms with Gasteiger partial charge in [0.15, 0.2) is 0 Å². The first kappa shape index (κ1) is 18.5. The van der Waals surface area contributed by atoms with E-state index < -0.39 is 11.7 Å². The average Bonchev–Trinajstić information content (AvgIpc) is 3.17. The Hall–Kier alpha value is -2.52. The number of benzene rings is 1. The van der Waals surface area contributed by atoms with Crippen molar-refractivity contribution in [2.45, 2.75) is 30.0 Å². The van der Waals surface area contributed by atoms with E-state index in [1.807, 2.05) is 25.2 Å². The second-order valence-corrected chi connectivity index (χ2v) is 8.37. The van der Waals surface area contributed by atoms with Gasteiger partial charge in [0.1, 0.15) is 11.6 Å². The quantitative estimate of drug-likeness (QED) is 0.569. The Bertz CT molecular complexity index is 1060. The summed E-state index contributed by atoms with van der Waals surface area (Å²) in [6.07, 6.45) is 0.755. The van der Waals surface area contributed by atoms with Crippen molar-refractivity contribution in [2.24, 2.45) is 5.92 Å². The Balaban J connectivity index is 1.48. The summed E-state index contributed by atoms with van der Waals surface area (Å²) < 4.78 is 43.7. The number of imidazole rings is 1. The highest BCUT2D eigenvalue weighted by atomic mass is 32.2. The zero-order valence-electron chi connectivity index (χ0n) is 15.5. The molecule has 29 heavy (non-hydrogen) atoms. The first-order chi connectivity index (χ1) is 13.9. The third-order valence-corrected chi connectivity index (χ3v) is 6.03. The predicted molar refractivity (Wildman–Crippen MR) is 106 cm³/mol. The predicted octanol–water partition coefficient (Wildman–Crippen LogP) is 5.05. The van der Waals surface area contributed by atoms with E-state index in [0.717, 1.165) is 52.3 Å². The Morgan fingerprint density at radius 1 is 1.21 bits per heavy atom. The molecule has 3 aromatic rings. The van der Waals surface area contributed by atoms with Crippen LogP contribution in [-0.2, 0) is 12.6 Å². The summed E-state index contributed by atoms with van der Waals surface area (Å²) in [5, 5.41) is 3.15. The maximum atomic E-state index is 12.8. The summed E-state index contributed by atoms with van der Waals surface area (Å²) in [6.45, 7) is 0. The van der Waals surface area contributed by atoms with Crippen molar-refractivity contribution in [3.63, 3.8) is 0 Å². The topological polar surface area (TPSA) is 54.8 Å². The van der Waals surface area contributed by atoms with Gasteiger partial charge in [-0.3, -0.25) is 4.72 Å². The molecule has 5 rings (SSSR count). The van der Waals surface area contributed by atoms with Gasteiger partial charge in [0, 0.05) is 41.0 Å². The van der Waals surface area contributed by atoms with Gasteiger partial charge in [-0.2, -0.15) is 13.2 Å². The fourth-order valence-corrected chi connectivity index (χ4v) is 4.37. The summed E-state index contributed by atoms with van der Waals surface area (Å²) >= 11 is 1.49. The number of alkyl halides is 3. The third-order valence-electron chi connectivity index (χ3n) is 5.34.